The maximum absolute atomic E-state index is 12.7. The highest BCUT2D eigenvalue weighted by molar-refractivity contribution is 6.08. The van der Waals surface area contributed by atoms with Crippen LogP contribution in [0.4, 0.5) is 32.0 Å². The van der Waals surface area contributed by atoms with Crippen LogP contribution in [0.25, 0.3) is 11.0 Å². The van der Waals surface area contributed by atoms with Crippen molar-refractivity contribution in [2.24, 2.45) is 0 Å². The Hall–Kier alpha value is -3.04. The highest BCUT2D eigenvalue weighted by atomic mass is 19.4. The molecule has 0 aliphatic carbocycles. The first-order chi connectivity index (χ1) is 12.1. The Morgan fingerprint density at radius 1 is 0.923 bits per heavy atom. The van der Waals surface area contributed by atoms with Crippen molar-refractivity contribution < 1.29 is 31.1 Å². The van der Waals surface area contributed by atoms with Crippen LogP contribution in [0.2, 0.25) is 0 Å². The van der Waals surface area contributed by atoms with Crippen LogP contribution in [0, 0.1) is 0 Å². The molecule has 2 aromatic carbocycles. The van der Waals surface area contributed by atoms with Crippen LogP contribution in [0.1, 0.15) is 21.7 Å². The SMILES string of the molecule is O=C(Nc1cccc2[nH]c(C(F)(F)F)nc12)c1ccc(C(F)(F)F)cc1. The van der Waals surface area contributed by atoms with Gasteiger partial charge in [0.2, 0.25) is 5.82 Å². The number of amides is 1. The van der Waals surface area contributed by atoms with E-state index >= 15 is 0 Å². The van der Waals surface area contributed by atoms with Gasteiger partial charge in [0.1, 0.15) is 5.52 Å². The number of H-pyrrole nitrogens is 1. The van der Waals surface area contributed by atoms with E-state index in [0.717, 1.165) is 24.3 Å². The summed E-state index contributed by atoms with van der Waals surface area (Å²) in [6.45, 7) is 0. The molecule has 0 saturated carbocycles. The second-order valence-electron chi connectivity index (χ2n) is 5.31. The number of alkyl halides is 6. The molecule has 4 nitrogen and oxygen atoms in total. The fourth-order valence-electron chi connectivity index (χ4n) is 2.27. The number of anilines is 1. The number of benzene rings is 2. The number of aromatic nitrogens is 2. The molecule has 3 rings (SSSR count). The smallest absolute Gasteiger partial charge is 0.334 e. The number of imidazole rings is 1. The predicted molar refractivity (Wildman–Crippen MR) is 80.5 cm³/mol. The van der Waals surface area contributed by atoms with Crippen LogP contribution >= 0.6 is 0 Å². The van der Waals surface area contributed by atoms with E-state index in [2.05, 4.69) is 15.3 Å². The van der Waals surface area contributed by atoms with E-state index in [1.807, 2.05) is 0 Å². The lowest BCUT2D eigenvalue weighted by Gasteiger charge is -2.08. The van der Waals surface area contributed by atoms with Crippen molar-refractivity contribution in [3.63, 3.8) is 0 Å². The molecular weight excluding hydrogens is 364 g/mol. The van der Waals surface area contributed by atoms with Gasteiger partial charge < -0.3 is 10.3 Å². The van der Waals surface area contributed by atoms with Gasteiger partial charge in [-0.2, -0.15) is 26.3 Å². The summed E-state index contributed by atoms with van der Waals surface area (Å²) in [5, 5.41) is 2.35. The second-order valence-corrected chi connectivity index (χ2v) is 5.31. The Morgan fingerprint density at radius 3 is 2.15 bits per heavy atom. The van der Waals surface area contributed by atoms with Gasteiger partial charge in [-0.25, -0.2) is 4.98 Å². The van der Waals surface area contributed by atoms with Crippen molar-refractivity contribution in [1.82, 2.24) is 9.97 Å². The summed E-state index contributed by atoms with van der Waals surface area (Å²) in [6, 6.07) is 7.53. The average Bonchev–Trinajstić information content (AvgIpc) is 3.00. The summed E-state index contributed by atoms with van der Waals surface area (Å²) in [6.07, 6.45) is -9.22. The summed E-state index contributed by atoms with van der Waals surface area (Å²) in [4.78, 5) is 17.7. The number of fused-ring (bicyclic) bond motifs is 1. The molecule has 0 atom stereocenters. The van der Waals surface area contributed by atoms with Gasteiger partial charge in [-0.15, -0.1) is 0 Å². The lowest BCUT2D eigenvalue weighted by molar-refractivity contribution is -0.144. The largest absolute Gasteiger partial charge is 0.449 e. The average molecular weight is 373 g/mol. The molecule has 136 valence electrons. The molecular formula is C16H9F6N3O. The number of carbonyl (C=O) groups is 1. The minimum atomic E-state index is -4.69. The third-order valence-corrected chi connectivity index (χ3v) is 3.50. The number of carbonyl (C=O) groups excluding carboxylic acids is 1. The number of hydrogen-bond donors (Lipinski definition) is 2. The van der Waals surface area contributed by atoms with Gasteiger partial charge in [0.15, 0.2) is 0 Å². The van der Waals surface area contributed by atoms with Crippen LogP contribution in [-0.4, -0.2) is 15.9 Å². The van der Waals surface area contributed by atoms with Crippen LogP contribution in [0.3, 0.4) is 0 Å². The van der Waals surface area contributed by atoms with E-state index in [9.17, 15) is 31.1 Å². The van der Waals surface area contributed by atoms with Crippen LogP contribution in [-0.2, 0) is 12.4 Å². The van der Waals surface area contributed by atoms with E-state index in [0.29, 0.717) is 0 Å². The highest BCUT2D eigenvalue weighted by Gasteiger charge is 2.35. The lowest BCUT2D eigenvalue weighted by atomic mass is 10.1. The molecule has 0 spiro atoms. The zero-order valence-corrected chi connectivity index (χ0v) is 12.7. The van der Waals surface area contributed by atoms with Crippen molar-refractivity contribution in [2.45, 2.75) is 12.4 Å². The molecule has 0 unspecified atom stereocenters. The monoisotopic (exact) mass is 373 g/mol. The van der Waals surface area contributed by atoms with Crippen molar-refractivity contribution in [3.8, 4) is 0 Å². The minimum absolute atomic E-state index is 0.000789. The van der Waals surface area contributed by atoms with Crippen molar-refractivity contribution in [1.29, 1.82) is 0 Å². The van der Waals surface area contributed by atoms with E-state index in [-0.39, 0.29) is 22.3 Å². The van der Waals surface area contributed by atoms with Gasteiger partial charge in [-0.1, -0.05) is 6.07 Å². The number of hydrogen-bond acceptors (Lipinski definition) is 2. The molecule has 0 radical (unpaired) electrons. The summed E-state index contributed by atoms with van der Waals surface area (Å²) in [5.74, 6) is -1.99. The van der Waals surface area contributed by atoms with Crippen LogP contribution < -0.4 is 5.32 Å². The number of nitrogens with one attached hydrogen (secondary N) is 2. The maximum atomic E-state index is 12.7. The quantitative estimate of drug-likeness (QED) is 0.631. The number of para-hydroxylation sites is 1. The maximum Gasteiger partial charge on any atom is 0.449 e. The molecule has 0 aliphatic heterocycles. The number of halogens is 6. The molecule has 3 aromatic rings. The topological polar surface area (TPSA) is 57.8 Å². The van der Waals surface area contributed by atoms with Crippen molar-refractivity contribution in [3.05, 3.63) is 59.4 Å². The summed E-state index contributed by atoms with van der Waals surface area (Å²) in [7, 11) is 0. The number of rotatable bonds is 2. The molecule has 26 heavy (non-hydrogen) atoms. The Balaban J connectivity index is 1.89. The Morgan fingerprint density at radius 2 is 1.58 bits per heavy atom. The molecule has 0 fully saturated rings. The van der Waals surface area contributed by atoms with Crippen molar-refractivity contribution in [2.75, 3.05) is 5.32 Å². The molecule has 1 amide bonds. The molecule has 1 aromatic heterocycles. The van der Waals surface area contributed by atoms with Gasteiger partial charge >= 0.3 is 12.4 Å². The molecule has 0 bridgehead atoms. The third-order valence-electron chi connectivity index (χ3n) is 3.50. The van der Waals surface area contributed by atoms with Crippen LogP contribution in [0.5, 0.6) is 0 Å². The Bertz CT molecular complexity index is 957. The zero-order chi connectivity index (χ0) is 19.1. The molecule has 0 aliphatic rings. The first kappa shape index (κ1) is 17.8. The molecule has 2 N–H and O–H groups in total. The van der Waals surface area contributed by atoms with Crippen molar-refractivity contribution >= 4 is 22.6 Å². The van der Waals surface area contributed by atoms with Gasteiger partial charge in [0.25, 0.3) is 5.91 Å². The first-order valence-corrected chi connectivity index (χ1v) is 7.10. The number of nitrogens with zero attached hydrogens (tertiary/aromatic N) is 1. The second kappa shape index (κ2) is 6.04. The third kappa shape index (κ3) is 3.48. The van der Waals surface area contributed by atoms with Gasteiger partial charge in [-0.05, 0) is 36.4 Å². The molecule has 10 heteroatoms. The number of aromatic amines is 1. The van der Waals surface area contributed by atoms with Gasteiger partial charge in [-0.3, -0.25) is 4.79 Å². The van der Waals surface area contributed by atoms with E-state index < -0.39 is 29.6 Å². The summed E-state index contributed by atoms with van der Waals surface area (Å²) >= 11 is 0. The van der Waals surface area contributed by atoms with Gasteiger partial charge in [0, 0.05) is 5.56 Å². The highest BCUT2D eigenvalue weighted by Crippen LogP contribution is 2.31. The molecule has 0 saturated heterocycles. The van der Waals surface area contributed by atoms with Gasteiger partial charge in [0.05, 0.1) is 16.8 Å². The predicted octanol–water partition coefficient (Wildman–Crippen LogP) is 4.85. The fourth-order valence-corrected chi connectivity index (χ4v) is 2.27. The normalized spacial score (nSPS) is 12.4. The summed E-state index contributed by atoms with van der Waals surface area (Å²) in [5.41, 5.74) is -1.05. The Labute approximate surface area is 141 Å². The zero-order valence-electron chi connectivity index (χ0n) is 12.7. The van der Waals surface area contributed by atoms with E-state index in [1.165, 1.54) is 18.2 Å². The standard InChI is InChI=1S/C16H9F6N3O/c17-15(18,19)9-6-4-8(5-7-9)13(26)23-10-2-1-3-11-12(10)25-14(24-11)16(20,21)22/h1-7H,(H,23,26)(H,24,25). The lowest BCUT2D eigenvalue weighted by Crippen LogP contribution is -2.13. The first-order valence-electron chi connectivity index (χ1n) is 7.10. The summed E-state index contributed by atoms with van der Waals surface area (Å²) < 4.78 is 75.8. The van der Waals surface area contributed by atoms with E-state index in [1.54, 1.807) is 0 Å². The Kier molecular flexibility index (Phi) is 4.13. The van der Waals surface area contributed by atoms with E-state index in [4.69, 9.17) is 0 Å². The fraction of sp³-hybridized carbons (Fsp3) is 0.125. The molecule has 1 heterocycles. The van der Waals surface area contributed by atoms with Crippen LogP contribution in [0.15, 0.2) is 42.5 Å². The minimum Gasteiger partial charge on any atom is -0.334 e.